The van der Waals surface area contributed by atoms with Crippen molar-refractivity contribution in [3.05, 3.63) is 28.9 Å². The zero-order valence-corrected chi connectivity index (χ0v) is 17.4. The lowest BCUT2D eigenvalue weighted by Gasteiger charge is -2.20. The largest absolute Gasteiger partial charge is 0.417 e. The lowest BCUT2D eigenvalue weighted by molar-refractivity contribution is 0.0801. The van der Waals surface area contributed by atoms with Crippen molar-refractivity contribution in [2.24, 2.45) is 0 Å². The Hall–Kier alpha value is -2.38. The van der Waals surface area contributed by atoms with Gasteiger partial charge in [0.15, 0.2) is 12.0 Å². The molecule has 4 rings (SSSR count). The summed E-state index contributed by atoms with van der Waals surface area (Å²) in [6.07, 6.45) is 0.132. The second-order valence-electron chi connectivity index (χ2n) is 6.36. The third kappa shape index (κ3) is 4.02. The Morgan fingerprint density at radius 2 is 2.24 bits per heavy atom. The molecule has 3 aromatic heterocycles. The minimum Gasteiger partial charge on any atom is -0.417 e. The van der Waals surface area contributed by atoms with E-state index in [1.54, 1.807) is 17.7 Å². The average Bonchev–Trinajstić information content (AvgIpc) is 3.44. The Bertz CT molecular complexity index is 1080. The van der Waals surface area contributed by atoms with Crippen LogP contribution in [0.2, 0.25) is 0 Å². The van der Waals surface area contributed by atoms with Gasteiger partial charge in [-0.3, -0.25) is 4.68 Å². The van der Waals surface area contributed by atoms with E-state index in [-0.39, 0.29) is 24.1 Å². The predicted molar refractivity (Wildman–Crippen MR) is 102 cm³/mol. The molecule has 1 aliphatic rings. The fourth-order valence-corrected chi connectivity index (χ4v) is 4.69. The lowest BCUT2D eigenvalue weighted by Crippen LogP contribution is -2.32. The van der Waals surface area contributed by atoms with Gasteiger partial charge >= 0.3 is 0 Å². The highest BCUT2D eigenvalue weighted by atomic mass is 32.2. The van der Waals surface area contributed by atoms with Crippen molar-refractivity contribution in [2.75, 3.05) is 16.7 Å². The molecule has 1 unspecified atom stereocenters. The Kier molecular flexibility index (Phi) is 5.36. The van der Waals surface area contributed by atoms with Gasteiger partial charge in [-0.1, -0.05) is 0 Å². The van der Waals surface area contributed by atoms with E-state index < -0.39 is 16.2 Å². The summed E-state index contributed by atoms with van der Waals surface area (Å²) in [5, 5.41) is 12.4. The molecule has 1 aliphatic heterocycles. The van der Waals surface area contributed by atoms with Crippen LogP contribution in [0.25, 0.3) is 10.8 Å². The van der Waals surface area contributed by atoms with Crippen molar-refractivity contribution in [3.63, 3.8) is 0 Å². The summed E-state index contributed by atoms with van der Waals surface area (Å²) in [5.74, 6) is 0.282. The summed E-state index contributed by atoms with van der Waals surface area (Å²) in [6.45, 7) is 4.39. The molecule has 0 aliphatic carbocycles. The molecule has 0 amide bonds. The molecule has 0 saturated carbocycles. The second kappa shape index (κ2) is 7.80. The number of nitrogens with zero attached hydrogens (tertiary/aromatic N) is 6. The first-order valence-electron chi connectivity index (χ1n) is 8.95. The first-order valence-corrected chi connectivity index (χ1v) is 11.4. The van der Waals surface area contributed by atoms with Crippen molar-refractivity contribution in [2.45, 2.75) is 39.7 Å². The maximum absolute atomic E-state index is 13.3. The zero-order valence-electron chi connectivity index (χ0n) is 15.8. The number of ether oxygens (including phenoxy) is 1. The van der Waals surface area contributed by atoms with E-state index in [1.807, 2.05) is 0 Å². The minimum atomic E-state index is -3.59. The summed E-state index contributed by atoms with van der Waals surface area (Å²) < 4.78 is 52.4. The quantitative estimate of drug-likeness (QED) is 0.547. The van der Waals surface area contributed by atoms with E-state index in [0.29, 0.717) is 35.5 Å². The maximum Gasteiger partial charge on any atom is 0.259 e. The molecule has 13 heteroatoms. The molecule has 0 N–H and O–H groups in total. The van der Waals surface area contributed by atoms with Crippen LogP contribution >= 0.6 is 11.3 Å². The van der Waals surface area contributed by atoms with Gasteiger partial charge in [0.25, 0.3) is 11.8 Å². The fraction of sp³-hybridized carbons (Fsp3) is 0.500. The average molecular weight is 442 g/mol. The number of alkyl halides is 1. The summed E-state index contributed by atoms with van der Waals surface area (Å²) in [5.41, 5.74) is 0.820. The molecule has 0 fully saturated rings. The van der Waals surface area contributed by atoms with E-state index >= 15 is 0 Å². The smallest absolute Gasteiger partial charge is 0.259 e. The van der Waals surface area contributed by atoms with Gasteiger partial charge in [-0.15, -0.1) is 21.5 Å². The molecular weight excluding hydrogens is 423 g/mol. The molecule has 10 nitrogen and oxygen atoms in total. The number of sulfonamides is 1. The van der Waals surface area contributed by atoms with E-state index in [9.17, 15) is 12.8 Å². The van der Waals surface area contributed by atoms with Gasteiger partial charge < -0.3 is 9.15 Å². The lowest BCUT2D eigenvalue weighted by atomic mass is 10.4. The SMILES string of the molecule is CCS(=O)(=O)N(Cc1ncc(-c2nnc(C(C)F)o2)s1)c1cc2n(n1)CCOC2. The van der Waals surface area contributed by atoms with E-state index in [0.717, 1.165) is 5.69 Å². The topological polar surface area (TPSA) is 116 Å². The minimum absolute atomic E-state index is 0.0126. The van der Waals surface area contributed by atoms with Gasteiger partial charge in [0.2, 0.25) is 10.0 Å². The Morgan fingerprint density at radius 1 is 1.41 bits per heavy atom. The van der Waals surface area contributed by atoms with Crippen LogP contribution in [0, 0.1) is 0 Å². The zero-order chi connectivity index (χ0) is 20.6. The van der Waals surface area contributed by atoms with Gasteiger partial charge in [0.05, 0.1) is 43.9 Å². The van der Waals surface area contributed by atoms with Gasteiger partial charge in [0, 0.05) is 6.07 Å². The third-order valence-electron chi connectivity index (χ3n) is 4.33. The number of halogens is 1. The third-order valence-corrected chi connectivity index (χ3v) is 7.02. The van der Waals surface area contributed by atoms with Crippen molar-refractivity contribution in [3.8, 4) is 10.8 Å². The van der Waals surface area contributed by atoms with Crippen molar-refractivity contribution >= 4 is 27.2 Å². The van der Waals surface area contributed by atoms with Crippen LogP contribution in [-0.4, -0.2) is 45.7 Å². The van der Waals surface area contributed by atoms with Crippen LogP contribution in [0.4, 0.5) is 10.2 Å². The maximum atomic E-state index is 13.3. The molecule has 4 heterocycles. The van der Waals surface area contributed by atoms with Crippen molar-refractivity contribution in [1.29, 1.82) is 0 Å². The highest BCUT2D eigenvalue weighted by Gasteiger charge is 2.27. The van der Waals surface area contributed by atoms with Crippen LogP contribution in [-0.2, 0) is 34.5 Å². The number of hydrogen-bond donors (Lipinski definition) is 0. The summed E-state index contributed by atoms with van der Waals surface area (Å²) in [4.78, 5) is 4.81. The first-order chi connectivity index (χ1) is 13.9. The van der Waals surface area contributed by atoms with Gasteiger partial charge in [-0.2, -0.15) is 5.10 Å². The van der Waals surface area contributed by atoms with Crippen molar-refractivity contribution in [1.82, 2.24) is 25.0 Å². The molecular formula is C16H19FN6O4S2. The normalized spacial score (nSPS) is 15.3. The monoisotopic (exact) mass is 442 g/mol. The number of anilines is 1. The molecule has 1 atom stereocenters. The van der Waals surface area contributed by atoms with E-state index in [4.69, 9.17) is 9.15 Å². The molecule has 0 bridgehead atoms. The first kappa shape index (κ1) is 19.9. The number of hydrogen-bond acceptors (Lipinski definition) is 9. The van der Waals surface area contributed by atoms with Gasteiger partial charge in [0.1, 0.15) is 9.88 Å². The van der Waals surface area contributed by atoms with Crippen LogP contribution in [0.1, 0.15) is 36.6 Å². The Labute approximate surface area is 170 Å². The van der Waals surface area contributed by atoms with Crippen LogP contribution in [0.5, 0.6) is 0 Å². The van der Waals surface area contributed by atoms with E-state index in [2.05, 4.69) is 20.3 Å². The van der Waals surface area contributed by atoms with Crippen LogP contribution in [0.15, 0.2) is 16.7 Å². The molecule has 156 valence electrons. The number of rotatable bonds is 7. The predicted octanol–water partition coefficient (Wildman–Crippen LogP) is 2.31. The molecule has 29 heavy (non-hydrogen) atoms. The molecule has 0 saturated heterocycles. The standard InChI is InChI=1S/C16H19FN6O4S2/c1-3-29(24,25)23(13-6-11-9-26-5-4-22(11)21-13)8-14-18-7-12(28-14)16-20-19-15(27-16)10(2)17/h6-7,10H,3-5,8-9H2,1-2H3. The van der Waals surface area contributed by atoms with Crippen molar-refractivity contribution < 1.29 is 22.0 Å². The number of aromatic nitrogens is 5. The highest BCUT2D eigenvalue weighted by molar-refractivity contribution is 7.92. The Balaban J connectivity index is 1.62. The number of fused-ring (bicyclic) bond motifs is 1. The van der Waals surface area contributed by atoms with Gasteiger partial charge in [-0.05, 0) is 13.8 Å². The number of thiazole rings is 1. The summed E-state index contributed by atoms with van der Waals surface area (Å²) >= 11 is 1.20. The van der Waals surface area contributed by atoms with Gasteiger partial charge in [-0.25, -0.2) is 22.1 Å². The highest BCUT2D eigenvalue weighted by Crippen LogP contribution is 2.30. The molecule has 0 radical (unpaired) electrons. The molecule has 3 aromatic rings. The molecule has 0 spiro atoms. The summed E-state index contributed by atoms with van der Waals surface area (Å²) in [7, 11) is -3.59. The summed E-state index contributed by atoms with van der Waals surface area (Å²) in [6, 6.07) is 1.72. The van der Waals surface area contributed by atoms with E-state index in [1.165, 1.54) is 28.8 Å². The van der Waals surface area contributed by atoms with Crippen LogP contribution in [0.3, 0.4) is 0 Å². The molecule has 0 aromatic carbocycles. The second-order valence-corrected chi connectivity index (χ2v) is 9.65. The van der Waals surface area contributed by atoms with Crippen LogP contribution < -0.4 is 4.31 Å². The Morgan fingerprint density at radius 3 is 2.93 bits per heavy atom. The fourth-order valence-electron chi connectivity index (χ4n) is 2.78.